The van der Waals surface area contributed by atoms with Crippen LogP contribution in [0, 0.1) is 27.7 Å². The van der Waals surface area contributed by atoms with Gasteiger partial charge in [-0.1, -0.05) is 271 Å². The van der Waals surface area contributed by atoms with Crippen molar-refractivity contribution >= 4 is 113 Å². The molecule has 4 heterocycles. The summed E-state index contributed by atoms with van der Waals surface area (Å²) in [5.41, 5.74) is 32.4. The van der Waals surface area contributed by atoms with Gasteiger partial charge in [0.2, 0.25) is 0 Å². The van der Waals surface area contributed by atoms with E-state index in [4.69, 9.17) is 43.2 Å². The first-order valence-electron chi connectivity index (χ1n) is 41.8. The minimum Gasteiger partial charge on any atom is -1.00 e. The number of fused-ring (bicyclic) bond motifs is 2. The van der Waals surface area contributed by atoms with Gasteiger partial charge < -0.3 is 31.6 Å². The molecule has 0 aliphatic rings. The number of hydrogen-bond acceptors (Lipinski definition) is 11. The van der Waals surface area contributed by atoms with Crippen LogP contribution in [0.25, 0.3) is 78.7 Å². The second-order valence-corrected chi connectivity index (χ2v) is 31.7. The molecule has 14 aromatic carbocycles. The Labute approximate surface area is 849 Å². The summed E-state index contributed by atoms with van der Waals surface area (Å²) >= 11 is 18.5. The third-order valence-electron chi connectivity index (χ3n) is 22.1. The van der Waals surface area contributed by atoms with Crippen molar-refractivity contribution in [2.24, 2.45) is 0 Å². The molecule has 18 aromatic rings. The van der Waals surface area contributed by atoms with E-state index in [-0.39, 0.29) is 111 Å². The average molecular weight is 1820 g/mol. The molecule has 0 spiro atoms. The van der Waals surface area contributed by atoms with Gasteiger partial charge in [-0.05, 0) is 242 Å². The fraction of sp³-hybridized carbons (Fsp3) is 0.110. The van der Waals surface area contributed by atoms with Gasteiger partial charge in [0.1, 0.15) is 11.6 Å². The number of rotatable bonds is 24. The Bertz CT molecular complexity index is 6590. The summed E-state index contributed by atoms with van der Waals surface area (Å²) in [4.78, 5) is 37.7. The molecule has 0 radical (unpaired) electrons. The summed E-state index contributed by atoms with van der Waals surface area (Å²) in [5.74, 6) is 1.82. The maximum Gasteiger partial charge on any atom is 1.00 e. The second kappa shape index (κ2) is 45.8. The van der Waals surface area contributed by atoms with E-state index in [0.29, 0.717) is 29.7 Å². The number of carbonyl (C=O) groups is 1. The number of nitrogens with one attached hydrogen (secondary N) is 1. The molecule has 18 heteroatoms. The van der Waals surface area contributed by atoms with Crippen LogP contribution in [0.4, 0.5) is 45.5 Å². The number of aromatic nitrogens is 6. The van der Waals surface area contributed by atoms with Crippen molar-refractivity contribution in [3.63, 3.8) is 0 Å². The monoisotopic (exact) mass is 1820 g/mol. The van der Waals surface area contributed by atoms with Crippen molar-refractivity contribution in [2.45, 2.75) is 79.3 Å². The van der Waals surface area contributed by atoms with Crippen LogP contribution in [0.1, 0.15) is 70.9 Å². The first kappa shape index (κ1) is 93.9. The predicted molar refractivity (Wildman–Crippen MR) is 520 cm³/mol. The number of carbonyl (C=O) groups excluding carboxylic acids is 1. The SMILES string of the molecule is BrCc1ccccc1.CCc1cc(N(Cc2ccccc2)c2ccc(-c3ccccn3)cc2)c(Cl)c(N(Cc2ccccc2)c2ccc(-c3nc4ccccc4n3-c3c(C)cccc3C)cc2)c1.CCc1cc(Nc2ccc(-c3nc4ccccc4n3-c3c(C)cccc3C)cc2)c(Cl)c(N(Cc2ccccc2)c2ccc(-c3ccccn3)cc2)c1.O=CO[O-].[H-].[K+].[K+]. The number of anilines is 8. The first-order valence-corrected chi connectivity index (χ1v) is 43.6. The van der Waals surface area contributed by atoms with Crippen LogP contribution in [0.5, 0.6) is 0 Å². The van der Waals surface area contributed by atoms with Gasteiger partial charge in [0.25, 0.3) is 6.47 Å². The second-order valence-electron chi connectivity index (χ2n) is 30.4. The molecule has 0 unspecified atom stereocenters. The Morgan fingerprint density at radius 2 is 0.709 bits per heavy atom. The van der Waals surface area contributed by atoms with E-state index in [1.165, 1.54) is 61.3 Å². The van der Waals surface area contributed by atoms with Gasteiger partial charge >= 0.3 is 103 Å². The Balaban J connectivity index is 0.000000202. The molecule has 622 valence electrons. The molecule has 0 aliphatic heterocycles. The zero-order chi connectivity index (χ0) is 86.5. The normalized spacial score (nSPS) is 10.7. The molecule has 127 heavy (non-hydrogen) atoms. The minimum absolute atomic E-state index is 0. The van der Waals surface area contributed by atoms with Crippen LogP contribution in [-0.4, -0.2) is 35.5 Å². The van der Waals surface area contributed by atoms with Gasteiger partial charge in [-0.15, -0.1) is 0 Å². The van der Waals surface area contributed by atoms with Crippen LogP contribution >= 0.6 is 39.1 Å². The Hall–Kier alpha value is -10.7. The molecule has 0 amide bonds. The smallest absolute Gasteiger partial charge is 1.00 e. The van der Waals surface area contributed by atoms with Crippen molar-refractivity contribution in [1.82, 2.24) is 29.1 Å². The summed E-state index contributed by atoms with van der Waals surface area (Å²) in [6.07, 6.45) is 5.37. The van der Waals surface area contributed by atoms with E-state index >= 15 is 0 Å². The summed E-state index contributed by atoms with van der Waals surface area (Å²) in [7, 11) is 0. The number of halogens is 3. The number of benzene rings is 14. The first-order chi connectivity index (χ1) is 61.3. The third kappa shape index (κ3) is 22.9. The van der Waals surface area contributed by atoms with E-state index in [1.54, 1.807) is 0 Å². The molecule has 0 fully saturated rings. The largest absolute Gasteiger partial charge is 1.00 e. The molecular weight excluding hydrogens is 1730 g/mol. The van der Waals surface area contributed by atoms with Crippen LogP contribution in [0.15, 0.2) is 376 Å². The van der Waals surface area contributed by atoms with Crippen LogP contribution in [0.3, 0.4) is 0 Å². The molecular formula is C109H95BrCl2K2N10O3. The maximum atomic E-state index is 8.64. The molecule has 0 saturated heterocycles. The van der Waals surface area contributed by atoms with E-state index in [9.17, 15) is 0 Å². The molecule has 13 nitrogen and oxygen atoms in total. The number of alkyl halides is 1. The fourth-order valence-electron chi connectivity index (χ4n) is 15.8. The van der Waals surface area contributed by atoms with E-state index in [2.05, 4.69) is 399 Å². The van der Waals surface area contributed by atoms with E-state index in [0.717, 1.165) is 137 Å². The zero-order valence-electron chi connectivity index (χ0n) is 73.5. The molecule has 4 aromatic heterocycles. The quantitative estimate of drug-likeness (QED) is 0.0204. The third-order valence-corrected chi connectivity index (χ3v) is 23.5. The van der Waals surface area contributed by atoms with Crippen molar-refractivity contribution in [3.8, 4) is 56.7 Å². The van der Waals surface area contributed by atoms with Crippen LogP contribution in [0.2, 0.25) is 10.0 Å². The number of imidazole rings is 2. The van der Waals surface area contributed by atoms with Gasteiger partial charge in [-0.2, -0.15) is 0 Å². The Morgan fingerprint density at radius 3 is 1.05 bits per heavy atom. The van der Waals surface area contributed by atoms with Gasteiger partial charge in [-0.25, -0.2) is 9.97 Å². The van der Waals surface area contributed by atoms with E-state index in [1.807, 2.05) is 79.1 Å². The minimum atomic E-state index is -0.181. The molecule has 0 saturated carbocycles. The molecule has 18 rings (SSSR count). The van der Waals surface area contributed by atoms with E-state index < -0.39 is 0 Å². The number of nitrogens with zero attached hydrogens (tertiary/aromatic N) is 9. The Morgan fingerprint density at radius 1 is 0.386 bits per heavy atom. The van der Waals surface area contributed by atoms with Crippen molar-refractivity contribution < 1.29 is 119 Å². The van der Waals surface area contributed by atoms with Crippen molar-refractivity contribution in [3.05, 3.63) is 442 Å². The summed E-state index contributed by atoms with van der Waals surface area (Å²) in [6.45, 7) is 14.8. The van der Waals surface area contributed by atoms with Gasteiger partial charge in [0.05, 0.1) is 77.6 Å². The topological polar surface area (TPSA) is 133 Å². The number of para-hydroxylation sites is 6. The standard InChI is InChI=1S/C54H46ClN5.C47H40ClN5.C7H7Br.CH2O3.2K.H/c1-4-40-34-50(58(36-41-18-7-5-8-19-41)45-29-25-43(26-30-45)47-22-13-14-33-56-47)52(55)51(35-40)59(37-42-20-9-6-10-21-42)46-31-27-44(28-32-46)54-57-48-23-11-12-24-49(48)60(54)53-38(2)16-15-17-39(53)3;1-4-34-29-42(45(48)44(30-34)52(31-35-15-6-5-7-16-35)39-26-22-36(23-27-39)40-17-10-11-28-49-40)50-38-24-20-37(21-25-38)47-51-41-18-8-9-19-43(41)53(47)46-32(2)13-12-14-33(46)3;8-6-7-4-2-1-3-5-7;2-1-4-3;;;/h5-35H,4,36-37H2,1-3H3;5-30,50H,4,31H2,1-3H3;1-5H,6H2;1,3H;;;/q;;;;2*+1;-1/p-1. The summed E-state index contributed by atoms with van der Waals surface area (Å²) in [6, 6.07) is 127. The van der Waals surface area contributed by atoms with Crippen LogP contribution in [-0.2, 0) is 47.5 Å². The summed E-state index contributed by atoms with van der Waals surface area (Å²) < 4.78 is 4.61. The number of pyridine rings is 2. The summed E-state index contributed by atoms with van der Waals surface area (Å²) in [5, 5.41) is 14.4. The molecule has 1 N–H and O–H groups in total. The van der Waals surface area contributed by atoms with Crippen molar-refractivity contribution in [2.75, 3.05) is 20.0 Å². The molecule has 0 atom stereocenters. The van der Waals surface area contributed by atoms with Gasteiger partial charge in [0.15, 0.2) is 0 Å². The molecule has 0 bridgehead atoms. The maximum absolute atomic E-state index is 8.64. The zero-order valence-corrected chi connectivity index (χ0v) is 81.8. The number of aryl methyl sites for hydroxylation is 6. The van der Waals surface area contributed by atoms with Crippen LogP contribution < -0.4 is 128 Å². The van der Waals surface area contributed by atoms with Gasteiger partial charge in [-0.3, -0.25) is 23.9 Å². The predicted octanol–water partition coefficient (Wildman–Crippen LogP) is 22.1. The molecule has 0 aliphatic carbocycles. The fourth-order valence-corrected chi connectivity index (χ4v) is 16.7. The number of hydrogen-bond donors (Lipinski definition) is 1. The van der Waals surface area contributed by atoms with Crippen molar-refractivity contribution in [1.29, 1.82) is 0 Å². The average Bonchev–Trinajstić information content (AvgIpc) is 0.939. The van der Waals surface area contributed by atoms with Gasteiger partial charge in [0, 0.05) is 82.4 Å². The Kier molecular flexibility index (Phi) is 33.9.